The van der Waals surface area contributed by atoms with Gasteiger partial charge < -0.3 is 10.6 Å². The van der Waals surface area contributed by atoms with Gasteiger partial charge in [0, 0.05) is 38.8 Å². The maximum absolute atomic E-state index is 12.5. The molecule has 0 bridgehead atoms. The Labute approximate surface area is 163 Å². The first-order valence-electron chi connectivity index (χ1n) is 7.96. The van der Waals surface area contributed by atoms with Gasteiger partial charge in [0.25, 0.3) is 0 Å². The maximum Gasteiger partial charge on any atom is 0.225 e. The lowest BCUT2D eigenvalue weighted by Crippen LogP contribution is -2.35. The molecular formula is C17H21Cl3N4O. The molecule has 0 saturated carbocycles. The molecule has 1 aromatic heterocycles. The minimum Gasteiger partial charge on any atom is -0.355 e. The van der Waals surface area contributed by atoms with Crippen LogP contribution in [0.3, 0.4) is 0 Å². The third-order valence-electron chi connectivity index (χ3n) is 4.43. The van der Waals surface area contributed by atoms with Crippen molar-refractivity contribution in [2.45, 2.75) is 12.3 Å². The fraction of sp³-hybridized carbons (Fsp3) is 0.412. The maximum atomic E-state index is 12.5. The van der Waals surface area contributed by atoms with Gasteiger partial charge in [-0.15, -0.1) is 12.4 Å². The Morgan fingerprint density at radius 2 is 2.20 bits per heavy atom. The molecule has 5 nitrogen and oxygen atoms in total. The molecule has 2 N–H and O–H groups in total. The van der Waals surface area contributed by atoms with E-state index >= 15 is 0 Å². The van der Waals surface area contributed by atoms with Crippen molar-refractivity contribution in [2.75, 3.05) is 19.6 Å². The third kappa shape index (κ3) is 4.67. The second-order valence-corrected chi connectivity index (χ2v) is 6.86. The van der Waals surface area contributed by atoms with Crippen molar-refractivity contribution >= 4 is 41.5 Å². The number of nitrogens with zero attached hydrogens (tertiary/aromatic N) is 2. The second kappa shape index (κ2) is 8.90. The summed E-state index contributed by atoms with van der Waals surface area (Å²) in [4.78, 5) is 12.5. The molecule has 2 aromatic rings. The number of aryl methyl sites for hydroxylation is 1. The van der Waals surface area contributed by atoms with Gasteiger partial charge in [0.2, 0.25) is 5.91 Å². The van der Waals surface area contributed by atoms with Gasteiger partial charge in [0.05, 0.1) is 22.2 Å². The SMILES string of the molecule is Cl.Cn1cc([C@H]2CNC[C@@H]2C(=O)NCCc2cccc(Cl)c2Cl)cn1. The highest BCUT2D eigenvalue weighted by Crippen LogP contribution is 2.28. The lowest BCUT2D eigenvalue weighted by Gasteiger charge is -2.17. The Morgan fingerprint density at radius 1 is 1.40 bits per heavy atom. The highest BCUT2D eigenvalue weighted by molar-refractivity contribution is 6.42. The first-order valence-corrected chi connectivity index (χ1v) is 8.71. The molecule has 25 heavy (non-hydrogen) atoms. The molecule has 1 aromatic carbocycles. The quantitative estimate of drug-likeness (QED) is 0.807. The molecule has 136 valence electrons. The number of aromatic nitrogens is 2. The number of nitrogens with one attached hydrogen (secondary N) is 2. The number of rotatable bonds is 5. The normalized spacial score (nSPS) is 19.5. The summed E-state index contributed by atoms with van der Waals surface area (Å²) in [6, 6.07) is 5.55. The third-order valence-corrected chi connectivity index (χ3v) is 5.29. The van der Waals surface area contributed by atoms with E-state index in [1.165, 1.54) is 0 Å². The van der Waals surface area contributed by atoms with Crippen LogP contribution in [0.25, 0.3) is 0 Å². The Hall–Kier alpha value is -1.27. The van der Waals surface area contributed by atoms with Crippen LogP contribution in [0.5, 0.6) is 0 Å². The highest BCUT2D eigenvalue weighted by atomic mass is 35.5. The molecule has 2 heterocycles. The molecule has 8 heteroatoms. The number of hydrogen-bond acceptors (Lipinski definition) is 3. The van der Waals surface area contributed by atoms with E-state index in [0.29, 0.717) is 29.6 Å². The van der Waals surface area contributed by atoms with Crippen molar-refractivity contribution in [1.29, 1.82) is 0 Å². The Morgan fingerprint density at radius 3 is 2.92 bits per heavy atom. The predicted molar refractivity (Wildman–Crippen MR) is 103 cm³/mol. The van der Waals surface area contributed by atoms with Gasteiger partial charge in [-0.3, -0.25) is 9.48 Å². The molecule has 1 aliphatic heterocycles. The van der Waals surface area contributed by atoms with Crippen LogP contribution in [0.15, 0.2) is 30.6 Å². The molecule has 1 amide bonds. The molecule has 3 rings (SSSR count). The first kappa shape index (κ1) is 20.0. The van der Waals surface area contributed by atoms with Crippen molar-refractivity contribution in [2.24, 2.45) is 13.0 Å². The summed E-state index contributed by atoms with van der Waals surface area (Å²) in [5, 5.41) is 11.6. The molecule has 2 atom stereocenters. The van der Waals surface area contributed by atoms with Crippen molar-refractivity contribution < 1.29 is 4.79 Å². The standard InChI is InChI=1S/C17H20Cl2N4O.ClH/c1-23-10-12(7-22-23)13-8-20-9-14(13)17(24)21-6-5-11-3-2-4-15(18)16(11)19;/h2-4,7,10,13-14,20H,5-6,8-9H2,1H3,(H,21,24);1H/t13-,14+;/m1./s1. The van der Waals surface area contributed by atoms with Crippen LogP contribution < -0.4 is 10.6 Å². The summed E-state index contributed by atoms with van der Waals surface area (Å²) in [6.07, 6.45) is 4.47. The van der Waals surface area contributed by atoms with E-state index < -0.39 is 0 Å². The van der Waals surface area contributed by atoms with Gasteiger partial charge >= 0.3 is 0 Å². The zero-order chi connectivity index (χ0) is 17.1. The predicted octanol–water partition coefficient (Wildman–Crippen LogP) is 2.81. The molecule has 1 fully saturated rings. The highest BCUT2D eigenvalue weighted by Gasteiger charge is 2.34. The lowest BCUT2D eigenvalue weighted by atomic mass is 9.90. The monoisotopic (exact) mass is 402 g/mol. The zero-order valence-electron chi connectivity index (χ0n) is 13.8. The van der Waals surface area contributed by atoms with Crippen LogP contribution in [-0.2, 0) is 18.3 Å². The van der Waals surface area contributed by atoms with Gasteiger partial charge in [-0.2, -0.15) is 5.10 Å². The van der Waals surface area contributed by atoms with Crippen LogP contribution in [0.4, 0.5) is 0 Å². The largest absolute Gasteiger partial charge is 0.355 e. The van der Waals surface area contributed by atoms with E-state index in [2.05, 4.69) is 15.7 Å². The summed E-state index contributed by atoms with van der Waals surface area (Å²) >= 11 is 12.2. The number of carbonyl (C=O) groups excluding carboxylic acids is 1. The number of benzene rings is 1. The molecule has 0 radical (unpaired) electrons. The molecule has 0 unspecified atom stereocenters. The average molecular weight is 404 g/mol. The van der Waals surface area contributed by atoms with Gasteiger partial charge in [-0.1, -0.05) is 35.3 Å². The number of carbonyl (C=O) groups is 1. The summed E-state index contributed by atoms with van der Waals surface area (Å²) in [5.74, 6) is 0.143. The van der Waals surface area contributed by atoms with Crippen LogP contribution in [-0.4, -0.2) is 35.3 Å². The Bertz CT molecular complexity index is 734. The number of halogens is 3. The first-order chi connectivity index (χ1) is 11.6. The van der Waals surface area contributed by atoms with Crippen LogP contribution in [0.2, 0.25) is 10.0 Å². The van der Waals surface area contributed by atoms with E-state index in [0.717, 1.165) is 17.7 Å². The Balaban J connectivity index is 0.00000225. The smallest absolute Gasteiger partial charge is 0.225 e. The van der Waals surface area contributed by atoms with E-state index in [1.54, 1.807) is 10.7 Å². The Kier molecular flexibility index (Phi) is 7.14. The fourth-order valence-electron chi connectivity index (χ4n) is 3.13. The zero-order valence-corrected chi connectivity index (χ0v) is 16.2. The van der Waals surface area contributed by atoms with Gasteiger partial charge in [-0.25, -0.2) is 0 Å². The van der Waals surface area contributed by atoms with E-state index in [-0.39, 0.29) is 30.2 Å². The average Bonchev–Trinajstić information content (AvgIpc) is 3.19. The van der Waals surface area contributed by atoms with Gasteiger partial charge in [-0.05, 0) is 23.6 Å². The van der Waals surface area contributed by atoms with Crippen LogP contribution in [0.1, 0.15) is 17.0 Å². The fourth-order valence-corrected chi connectivity index (χ4v) is 3.54. The summed E-state index contributed by atoms with van der Waals surface area (Å²) < 4.78 is 1.77. The van der Waals surface area contributed by atoms with Crippen molar-refractivity contribution in [3.63, 3.8) is 0 Å². The summed E-state index contributed by atoms with van der Waals surface area (Å²) in [5.41, 5.74) is 2.04. The van der Waals surface area contributed by atoms with E-state index in [1.807, 2.05) is 31.6 Å². The van der Waals surface area contributed by atoms with Crippen molar-refractivity contribution in [3.05, 3.63) is 51.8 Å². The number of hydrogen-bond donors (Lipinski definition) is 2. The molecule has 0 spiro atoms. The minimum absolute atomic E-state index is 0. The van der Waals surface area contributed by atoms with Gasteiger partial charge in [0.15, 0.2) is 0 Å². The molecule has 0 aliphatic carbocycles. The van der Waals surface area contributed by atoms with E-state index in [4.69, 9.17) is 23.2 Å². The van der Waals surface area contributed by atoms with Crippen LogP contribution in [0, 0.1) is 5.92 Å². The van der Waals surface area contributed by atoms with Gasteiger partial charge in [0.1, 0.15) is 0 Å². The molecule has 1 aliphatic rings. The topological polar surface area (TPSA) is 59.0 Å². The van der Waals surface area contributed by atoms with E-state index in [9.17, 15) is 4.79 Å². The lowest BCUT2D eigenvalue weighted by molar-refractivity contribution is -0.124. The summed E-state index contributed by atoms with van der Waals surface area (Å²) in [7, 11) is 1.88. The van der Waals surface area contributed by atoms with Crippen molar-refractivity contribution in [3.8, 4) is 0 Å². The van der Waals surface area contributed by atoms with Crippen molar-refractivity contribution in [1.82, 2.24) is 20.4 Å². The molecular weight excluding hydrogens is 383 g/mol. The van der Waals surface area contributed by atoms with Crippen LogP contribution >= 0.6 is 35.6 Å². The molecule has 1 saturated heterocycles. The second-order valence-electron chi connectivity index (χ2n) is 6.07. The summed E-state index contributed by atoms with van der Waals surface area (Å²) in [6.45, 7) is 2.02. The number of amides is 1. The minimum atomic E-state index is -0.0796.